The molecular weight excluding hydrogens is 172 g/mol. The second-order valence-electron chi connectivity index (χ2n) is 0.977. The molecular formula is C3H12N4O5. The SMILES string of the molecule is NC(N)=O.O=C([O-])C(=O)[O-].[NH4+].[NH4+]. The Labute approximate surface area is 67.5 Å². The Morgan fingerprint density at radius 1 is 0.833 bits per heavy atom. The largest absolute Gasteiger partial charge is 0.543 e. The van der Waals surface area contributed by atoms with Crippen LogP contribution in [0.5, 0.6) is 0 Å². The molecule has 9 nitrogen and oxygen atoms in total. The first-order valence-corrected chi connectivity index (χ1v) is 1.85. The molecule has 0 atom stereocenters. The summed E-state index contributed by atoms with van der Waals surface area (Å²) in [5.41, 5.74) is 8.50. The van der Waals surface area contributed by atoms with Gasteiger partial charge in [0.05, 0.1) is 11.9 Å². The summed E-state index contributed by atoms with van der Waals surface area (Å²) in [4.78, 5) is 26.9. The van der Waals surface area contributed by atoms with Gasteiger partial charge < -0.3 is 43.6 Å². The maximum Gasteiger partial charge on any atom is 0.309 e. The molecule has 12 N–H and O–H groups in total. The van der Waals surface area contributed by atoms with Gasteiger partial charge in [-0.15, -0.1) is 0 Å². The van der Waals surface area contributed by atoms with Crippen molar-refractivity contribution in [1.29, 1.82) is 0 Å². The standard InChI is InChI=1S/C2H2O4.CH4N2O.2H3N/c3-1(4)2(5)6;2-1(3)4;;/h(H,3,4)(H,5,6);(H4,2,3,4);2*1H3. The van der Waals surface area contributed by atoms with E-state index in [1.165, 1.54) is 0 Å². The fourth-order valence-corrected chi connectivity index (χ4v) is 0. The van der Waals surface area contributed by atoms with E-state index >= 15 is 0 Å². The fraction of sp³-hybridized carbons (Fsp3) is 0. The maximum atomic E-state index is 9.00. The van der Waals surface area contributed by atoms with Crippen molar-refractivity contribution < 1.29 is 24.6 Å². The number of carbonyl (C=O) groups is 3. The van der Waals surface area contributed by atoms with Crippen molar-refractivity contribution in [3.05, 3.63) is 0 Å². The highest BCUT2D eigenvalue weighted by atomic mass is 16.4. The van der Waals surface area contributed by atoms with Crippen molar-refractivity contribution in [2.75, 3.05) is 0 Å². The van der Waals surface area contributed by atoms with E-state index in [2.05, 4.69) is 11.5 Å². The van der Waals surface area contributed by atoms with Gasteiger partial charge in [-0.2, -0.15) is 0 Å². The Hall–Kier alpha value is -1.87. The molecule has 0 aromatic carbocycles. The molecule has 0 aromatic rings. The number of rotatable bonds is 0. The molecule has 0 saturated heterocycles. The number of hydrogen-bond acceptors (Lipinski definition) is 5. The average molecular weight is 184 g/mol. The third-order valence-corrected chi connectivity index (χ3v) is 0.167. The van der Waals surface area contributed by atoms with Gasteiger partial charge in [0.2, 0.25) is 0 Å². The first kappa shape index (κ1) is 22.5. The van der Waals surface area contributed by atoms with Crippen LogP contribution in [0.3, 0.4) is 0 Å². The van der Waals surface area contributed by atoms with Gasteiger partial charge in [-0.1, -0.05) is 0 Å². The number of carboxylic acids is 2. The predicted octanol–water partition coefficient (Wildman–Crippen LogP) is -3.74. The second-order valence-corrected chi connectivity index (χ2v) is 0.977. The van der Waals surface area contributed by atoms with Crippen LogP contribution in [-0.2, 0) is 9.59 Å². The number of carboxylic acid groups (broad SMARTS) is 2. The molecule has 0 bridgehead atoms. The molecule has 0 unspecified atom stereocenters. The molecule has 0 fully saturated rings. The smallest absolute Gasteiger partial charge is 0.309 e. The zero-order valence-electron chi connectivity index (χ0n) is 6.70. The maximum absolute atomic E-state index is 9.00. The molecule has 0 rings (SSSR count). The Balaban J connectivity index is -0.0000000483. The van der Waals surface area contributed by atoms with Gasteiger partial charge in [-0.3, -0.25) is 0 Å². The highest BCUT2D eigenvalue weighted by molar-refractivity contribution is 6.25. The molecule has 0 heterocycles. The Morgan fingerprint density at radius 3 is 0.917 bits per heavy atom. The highest BCUT2D eigenvalue weighted by Crippen LogP contribution is 1.41. The molecule has 12 heavy (non-hydrogen) atoms. The van der Waals surface area contributed by atoms with E-state index < -0.39 is 18.0 Å². The molecule has 0 spiro atoms. The van der Waals surface area contributed by atoms with E-state index in [-0.39, 0.29) is 12.3 Å². The van der Waals surface area contributed by atoms with Gasteiger partial charge in [0, 0.05) is 0 Å². The first-order chi connectivity index (χ1) is 4.37. The number of primary amides is 2. The van der Waals surface area contributed by atoms with Crippen LogP contribution < -0.4 is 34.0 Å². The number of nitrogens with two attached hydrogens (primary N) is 2. The topological polar surface area (TPSA) is 222 Å². The van der Waals surface area contributed by atoms with Crippen LogP contribution in [0.25, 0.3) is 0 Å². The summed E-state index contributed by atoms with van der Waals surface area (Å²) in [6.07, 6.45) is 0. The highest BCUT2D eigenvalue weighted by Gasteiger charge is 1.74. The number of amides is 2. The molecule has 2 amide bonds. The quantitative estimate of drug-likeness (QED) is 0.277. The zero-order chi connectivity index (χ0) is 8.73. The van der Waals surface area contributed by atoms with Gasteiger partial charge in [0.15, 0.2) is 0 Å². The predicted molar refractivity (Wildman–Crippen MR) is 35.8 cm³/mol. The van der Waals surface area contributed by atoms with E-state index in [9.17, 15) is 0 Å². The Bertz CT molecular complexity index is 141. The summed E-state index contributed by atoms with van der Waals surface area (Å²) in [6.45, 7) is 0. The van der Waals surface area contributed by atoms with Crippen molar-refractivity contribution >= 4 is 18.0 Å². The first-order valence-electron chi connectivity index (χ1n) is 1.85. The molecule has 0 aliphatic heterocycles. The summed E-state index contributed by atoms with van der Waals surface area (Å²) >= 11 is 0. The third-order valence-electron chi connectivity index (χ3n) is 0.167. The average Bonchev–Trinajstić information content (AvgIpc) is 1.63. The zero-order valence-corrected chi connectivity index (χ0v) is 6.70. The fourth-order valence-electron chi connectivity index (χ4n) is 0. The molecule has 0 radical (unpaired) electrons. The van der Waals surface area contributed by atoms with Gasteiger partial charge in [-0.05, 0) is 0 Å². The summed E-state index contributed by atoms with van der Waals surface area (Å²) in [7, 11) is 0. The van der Waals surface area contributed by atoms with Crippen molar-refractivity contribution in [2.45, 2.75) is 0 Å². The van der Waals surface area contributed by atoms with E-state index in [0.29, 0.717) is 0 Å². The second kappa shape index (κ2) is 11.9. The Kier molecular flexibility index (Phi) is 22.2. The lowest BCUT2D eigenvalue weighted by Gasteiger charge is -1.97. The van der Waals surface area contributed by atoms with E-state index in [4.69, 9.17) is 24.6 Å². The summed E-state index contributed by atoms with van der Waals surface area (Å²) in [5.74, 6) is -4.37. The van der Waals surface area contributed by atoms with Gasteiger partial charge in [0.25, 0.3) is 0 Å². The van der Waals surface area contributed by atoms with Crippen LogP contribution in [0.15, 0.2) is 0 Å². The van der Waals surface area contributed by atoms with Crippen LogP contribution in [0.2, 0.25) is 0 Å². The molecule has 9 heteroatoms. The lowest BCUT2D eigenvalue weighted by atomic mass is 10.7. The summed E-state index contributed by atoms with van der Waals surface area (Å²) < 4.78 is 0. The number of carbonyl (C=O) groups excluding carboxylic acids is 3. The molecule has 0 aliphatic carbocycles. The number of hydrogen-bond donors (Lipinski definition) is 4. The van der Waals surface area contributed by atoms with Crippen molar-refractivity contribution in [1.82, 2.24) is 12.3 Å². The third kappa shape index (κ3) is 91.1. The minimum absolute atomic E-state index is 0. The van der Waals surface area contributed by atoms with Gasteiger partial charge in [-0.25, -0.2) is 4.79 Å². The van der Waals surface area contributed by atoms with E-state index in [1.807, 2.05) is 0 Å². The van der Waals surface area contributed by atoms with Crippen LogP contribution in [0, 0.1) is 0 Å². The van der Waals surface area contributed by atoms with E-state index in [0.717, 1.165) is 0 Å². The van der Waals surface area contributed by atoms with Crippen molar-refractivity contribution in [2.24, 2.45) is 11.5 Å². The summed E-state index contributed by atoms with van der Waals surface area (Å²) in [6, 6.07) is -0.833. The monoisotopic (exact) mass is 184 g/mol. The van der Waals surface area contributed by atoms with Crippen LogP contribution in [0.4, 0.5) is 4.79 Å². The lowest BCUT2D eigenvalue weighted by Crippen LogP contribution is -2.42. The van der Waals surface area contributed by atoms with Crippen LogP contribution in [-0.4, -0.2) is 18.0 Å². The molecule has 0 aromatic heterocycles. The Morgan fingerprint density at radius 2 is 0.917 bits per heavy atom. The molecule has 0 aliphatic rings. The minimum Gasteiger partial charge on any atom is -0.543 e. The molecule has 0 saturated carbocycles. The van der Waals surface area contributed by atoms with Crippen LogP contribution >= 0.6 is 0 Å². The van der Waals surface area contributed by atoms with E-state index in [1.54, 1.807) is 0 Å². The van der Waals surface area contributed by atoms with Gasteiger partial charge in [0.1, 0.15) is 0 Å². The number of urea groups is 1. The lowest BCUT2D eigenvalue weighted by molar-refractivity contribution is -0.345. The van der Waals surface area contributed by atoms with Crippen LogP contribution in [0.1, 0.15) is 0 Å². The normalized spacial score (nSPS) is 5.67. The summed E-state index contributed by atoms with van der Waals surface area (Å²) in [5, 5.41) is 17.9. The number of aliphatic carboxylic acids is 2. The van der Waals surface area contributed by atoms with Crippen molar-refractivity contribution in [3.63, 3.8) is 0 Å². The van der Waals surface area contributed by atoms with Crippen molar-refractivity contribution in [3.8, 4) is 0 Å². The van der Waals surface area contributed by atoms with Gasteiger partial charge >= 0.3 is 6.03 Å². The minimum atomic E-state index is -2.19. The molecule has 74 valence electrons. The number of quaternary nitrogens is 2.